The van der Waals surface area contributed by atoms with Gasteiger partial charge in [0.05, 0.1) is 16.8 Å². The summed E-state index contributed by atoms with van der Waals surface area (Å²) in [7, 11) is 0. The lowest BCUT2D eigenvalue weighted by molar-refractivity contribution is 0.102. The van der Waals surface area contributed by atoms with Crippen LogP contribution in [-0.2, 0) is 0 Å². The normalized spacial score (nSPS) is 10.4. The van der Waals surface area contributed by atoms with Crippen molar-refractivity contribution in [3.63, 3.8) is 0 Å². The van der Waals surface area contributed by atoms with Crippen molar-refractivity contribution < 1.29 is 13.9 Å². The van der Waals surface area contributed by atoms with E-state index in [1.165, 1.54) is 12.1 Å². The molecule has 3 rings (SSSR count). The summed E-state index contributed by atoms with van der Waals surface area (Å²) < 4.78 is 18.8. The molecular formula is C19H14ClFN2O2. The van der Waals surface area contributed by atoms with Crippen molar-refractivity contribution >= 4 is 23.2 Å². The number of halogens is 2. The van der Waals surface area contributed by atoms with E-state index in [9.17, 15) is 9.18 Å². The Balaban J connectivity index is 1.75. The van der Waals surface area contributed by atoms with Crippen molar-refractivity contribution in [2.24, 2.45) is 0 Å². The highest BCUT2D eigenvalue weighted by Gasteiger charge is 2.12. The molecule has 0 radical (unpaired) electrons. The van der Waals surface area contributed by atoms with Crippen LogP contribution in [0.2, 0.25) is 5.02 Å². The van der Waals surface area contributed by atoms with Crippen LogP contribution in [0.3, 0.4) is 0 Å². The number of hydrogen-bond donors (Lipinski definition) is 1. The first-order valence-corrected chi connectivity index (χ1v) is 7.85. The van der Waals surface area contributed by atoms with E-state index < -0.39 is 11.7 Å². The van der Waals surface area contributed by atoms with Crippen molar-refractivity contribution in [1.82, 2.24) is 4.98 Å². The number of pyridine rings is 1. The number of ether oxygens (including phenoxy) is 1. The number of carbonyl (C=O) groups excluding carboxylic acids is 1. The van der Waals surface area contributed by atoms with E-state index in [1.54, 1.807) is 42.7 Å². The number of nitrogens with zero attached hydrogens (tertiary/aromatic N) is 1. The van der Waals surface area contributed by atoms with Crippen LogP contribution in [-0.4, -0.2) is 10.9 Å². The lowest BCUT2D eigenvalue weighted by atomic mass is 10.1. The lowest BCUT2D eigenvalue weighted by Gasteiger charge is -2.11. The molecule has 0 aliphatic rings. The Morgan fingerprint density at radius 3 is 2.72 bits per heavy atom. The second-order valence-corrected chi connectivity index (χ2v) is 5.76. The highest BCUT2D eigenvalue weighted by Crippen LogP contribution is 2.27. The van der Waals surface area contributed by atoms with Gasteiger partial charge >= 0.3 is 0 Å². The van der Waals surface area contributed by atoms with Gasteiger partial charge in [0, 0.05) is 11.9 Å². The first-order chi connectivity index (χ1) is 12.0. The molecule has 0 bridgehead atoms. The van der Waals surface area contributed by atoms with Gasteiger partial charge in [0.2, 0.25) is 0 Å². The molecule has 126 valence electrons. The summed E-state index contributed by atoms with van der Waals surface area (Å²) in [4.78, 5) is 16.3. The number of aromatic nitrogens is 1. The highest BCUT2D eigenvalue weighted by atomic mass is 35.5. The molecule has 0 unspecified atom stereocenters. The minimum atomic E-state index is -0.491. The number of nitrogens with one attached hydrogen (secondary N) is 1. The quantitative estimate of drug-likeness (QED) is 0.696. The molecular weight excluding hydrogens is 343 g/mol. The summed E-state index contributed by atoms with van der Waals surface area (Å²) in [5.41, 5.74) is 1.63. The molecule has 1 amide bonds. The van der Waals surface area contributed by atoms with Crippen LogP contribution in [0.25, 0.3) is 0 Å². The van der Waals surface area contributed by atoms with Crippen molar-refractivity contribution in [3.05, 3.63) is 82.9 Å². The van der Waals surface area contributed by atoms with Crippen LogP contribution in [0.1, 0.15) is 15.9 Å². The van der Waals surface area contributed by atoms with Crippen LogP contribution in [0.5, 0.6) is 11.5 Å². The molecule has 1 N–H and O–H groups in total. The second-order valence-electron chi connectivity index (χ2n) is 5.35. The Morgan fingerprint density at radius 1 is 1.20 bits per heavy atom. The largest absolute Gasteiger partial charge is 0.455 e. The Morgan fingerprint density at radius 2 is 2.04 bits per heavy atom. The Labute approximate surface area is 149 Å². The summed E-state index contributed by atoms with van der Waals surface area (Å²) in [5, 5.41) is 2.80. The minimum Gasteiger partial charge on any atom is -0.455 e. The maximum atomic E-state index is 13.1. The van der Waals surface area contributed by atoms with Gasteiger partial charge in [-0.15, -0.1) is 0 Å². The summed E-state index contributed by atoms with van der Waals surface area (Å²) in [6.07, 6.45) is 3.28. The number of amides is 1. The predicted octanol–water partition coefficient (Wildman–Crippen LogP) is 5.23. The molecule has 1 aromatic heterocycles. The van der Waals surface area contributed by atoms with E-state index in [-0.39, 0.29) is 10.6 Å². The van der Waals surface area contributed by atoms with Gasteiger partial charge in [0.1, 0.15) is 17.3 Å². The van der Waals surface area contributed by atoms with Crippen molar-refractivity contribution in [1.29, 1.82) is 0 Å². The number of anilines is 1. The van der Waals surface area contributed by atoms with E-state index in [4.69, 9.17) is 16.3 Å². The Hall–Kier alpha value is -2.92. The maximum Gasteiger partial charge on any atom is 0.257 e. The van der Waals surface area contributed by atoms with Gasteiger partial charge in [-0.3, -0.25) is 9.78 Å². The first-order valence-electron chi connectivity index (χ1n) is 7.48. The third-order valence-corrected chi connectivity index (χ3v) is 3.78. The molecule has 25 heavy (non-hydrogen) atoms. The van der Waals surface area contributed by atoms with Gasteiger partial charge < -0.3 is 10.1 Å². The van der Waals surface area contributed by atoms with Gasteiger partial charge in [-0.1, -0.05) is 11.6 Å². The van der Waals surface area contributed by atoms with Gasteiger partial charge in [0.15, 0.2) is 0 Å². The number of aryl methyl sites for hydroxylation is 1. The van der Waals surface area contributed by atoms with Gasteiger partial charge in [-0.2, -0.15) is 0 Å². The Kier molecular flexibility index (Phi) is 4.95. The smallest absolute Gasteiger partial charge is 0.257 e. The van der Waals surface area contributed by atoms with E-state index in [0.29, 0.717) is 17.2 Å². The third kappa shape index (κ3) is 4.14. The van der Waals surface area contributed by atoms with Gasteiger partial charge in [-0.25, -0.2) is 4.39 Å². The number of rotatable bonds is 4. The molecule has 0 aliphatic carbocycles. The second kappa shape index (κ2) is 7.32. The maximum absolute atomic E-state index is 13.1. The zero-order chi connectivity index (χ0) is 17.8. The van der Waals surface area contributed by atoms with Crippen LogP contribution in [0.4, 0.5) is 10.1 Å². The molecule has 0 aliphatic heterocycles. The van der Waals surface area contributed by atoms with E-state index in [1.807, 2.05) is 6.92 Å². The fourth-order valence-electron chi connectivity index (χ4n) is 2.25. The first kappa shape index (κ1) is 16.9. The lowest BCUT2D eigenvalue weighted by Crippen LogP contribution is -2.12. The van der Waals surface area contributed by atoms with Gasteiger partial charge in [-0.05, 0) is 61.0 Å². The zero-order valence-corrected chi connectivity index (χ0v) is 14.0. The molecule has 2 aromatic carbocycles. The molecule has 0 spiro atoms. The highest BCUT2D eigenvalue weighted by molar-refractivity contribution is 6.34. The number of benzene rings is 2. The fraction of sp³-hybridized carbons (Fsp3) is 0.0526. The predicted molar refractivity (Wildman–Crippen MR) is 94.9 cm³/mol. The molecule has 0 saturated heterocycles. The number of carbonyl (C=O) groups is 1. The molecule has 1 heterocycles. The van der Waals surface area contributed by atoms with Crippen LogP contribution in [0, 0.1) is 12.7 Å². The van der Waals surface area contributed by atoms with Crippen LogP contribution >= 0.6 is 11.6 Å². The monoisotopic (exact) mass is 356 g/mol. The average molecular weight is 357 g/mol. The topological polar surface area (TPSA) is 51.2 Å². The van der Waals surface area contributed by atoms with E-state index in [0.717, 1.165) is 11.6 Å². The number of hydrogen-bond acceptors (Lipinski definition) is 3. The van der Waals surface area contributed by atoms with E-state index in [2.05, 4.69) is 10.3 Å². The molecule has 0 fully saturated rings. The fourth-order valence-corrected chi connectivity index (χ4v) is 2.50. The van der Waals surface area contributed by atoms with E-state index >= 15 is 0 Å². The third-order valence-electron chi connectivity index (χ3n) is 3.47. The minimum absolute atomic E-state index is 0.0609. The van der Waals surface area contributed by atoms with Crippen molar-refractivity contribution in [2.45, 2.75) is 6.92 Å². The molecule has 4 nitrogen and oxygen atoms in total. The standard InChI is InChI=1S/C19H14ClFN2O2/c1-12-9-14(5-7-18(12)25-15-3-2-8-22-11-15)23-19(24)16-6-4-13(21)10-17(16)20/h2-11H,1H3,(H,23,24). The van der Waals surface area contributed by atoms with Gasteiger partial charge in [0.25, 0.3) is 5.91 Å². The molecule has 3 aromatic rings. The summed E-state index contributed by atoms with van der Waals surface area (Å²) in [5.74, 6) is 0.380. The summed E-state index contributed by atoms with van der Waals surface area (Å²) in [6, 6.07) is 12.5. The Bertz CT molecular complexity index is 917. The van der Waals surface area contributed by atoms with Crippen molar-refractivity contribution in [3.8, 4) is 11.5 Å². The zero-order valence-electron chi connectivity index (χ0n) is 13.3. The average Bonchev–Trinajstić information content (AvgIpc) is 2.58. The SMILES string of the molecule is Cc1cc(NC(=O)c2ccc(F)cc2Cl)ccc1Oc1cccnc1. The molecule has 0 atom stereocenters. The summed E-state index contributed by atoms with van der Waals surface area (Å²) in [6.45, 7) is 1.87. The van der Waals surface area contributed by atoms with Crippen LogP contribution in [0.15, 0.2) is 60.9 Å². The van der Waals surface area contributed by atoms with Crippen LogP contribution < -0.4 is 10.1 Å². The molecule has 0 saturated carbocycles. The molecule has 6 heteroatoms. The summed E-state index contributed by atoms with van der Waals surface area (Å²) >= 11 is 5.91. The van der Waals surface area contributed by atoms with Crippen molar-refractivity contribution in [2.75, 3.05) is 5.32 Å².